The monoisotopic (exact) mass is 252 g/mol. The van der Waals surface area contributed by atoms with E-state index in [9.17, 15) is 9.90 Å². The van der Waals surface area contributed by atoms with Gasteiger partial charge in [-0.2, -0.15) is 0 Å². The smallest absolute Gasteiger partial charge is 0.384 e. The van der Waals surface area contributed by atoms with E-state index < -0.39 is 12.1 Å². The topological polar surface area (TPSA) is 55.8 Å². The Morgan fingerprint density at radius 2 is 2.44 bits per heavy atom. The highest BCUT2D eigenvalue weighted by Gasteiger charge is 2.17. The second-order valence-corrected chi connectivity index (χ2v) is 4.26. The van der Waals surface area contributed by atoms with Crippen LogP contribution in [0.15, 0.2) is 12.2 Å². The lowest BCUT2D eigenvalue weighted by Gasteiger charge is -2.24. The number of carbonyl (C=O) groups excluding carboxylic acids is 1. The highest BCUT2D eigenvalue weighted by Crippen LogP contribution is 2.16. The Kier molecular flexibility index (Phi) is 6.48. The molecule has 1 rings (SSSR count). The lowest BCUT2D eigenvalue weighted by Crippen LogP contribution is -2.25. The Labute approximate surface area is 108 Å². The van der Waals surface area contributed by atoms with Gasteiger partial charge in [-0.05, 0) is 20.3 Å². The number of hydrogen-bond acceptors (Lipinski definition) is 4. The van der Waals surface area contributed by atoms with E-state index >= 15 is 0 Å². The summed E-state index contributed by atoms with van der Waals surface area (Å²) < 4.78 is 10.3. The van der Waals surface area contributed by atoms with Gasteiger partial charge in [-0.25, -0.2) is 4.79 Å². The van der Waals surface area contributed by atoms with Crippen LogP contribution in [0.3, 0.4) is 0 Å². The van der Waals surface area contributed by atoms with Gasteiger partial charge in [0.1, 0.15) is 0 Å². The van der Waals surface area contributed by atoms with E-state index in [1.807, 2.05) is 13.0 Å². The molecule has 0 aliphatic carbocycles. The molecule has 0 aromatic carbocycles. The number of hydrogen-bond donors (Lipinski definition) is 1. The number of ether oxygens (including phenoxy) is 2. The van der Waals surface area contributed by atoms with Crippen molar-refractivity contribution < 1.29 is 19.4 Å². The molecule has 1 aliphatic heterocycles. The number of aliphatic hydroxyl groups excluding tert-OH is 1. The molecule has 3 atom stereocenters. The molecule has 0 aromatic rings. The second kappa shape index (κ2) is 7.91. The Bertz CT molecular complexity index is 351. The van der Waals surface area contributed by atoms with Gasteiger partial charge in [0.15, 0.2) is 0 Å². The lowest BCUT2D eigenvalue weighted by atomic mass is 10.1. The minimum absolute atomic E-state index is 0.0619. The first-order valence-corrected chi connectivity index (χ1v) is 6.27. The summed E-state index contributed by atoms with van der Waals surface area (Å²) in [6.07, 6.45) is 5.23. The molecule has 4 nitrogen and oxygen atoms in total. The van der Waals surface area contributed by atoms with Gasteiger partial charge in [-0.3, -0.25) is 0 Å². The number of carbonyl (C=O) groups is 1. The molecule has 18 heavy (non-hydrogen) atoms. The molecule has 0 amide bonds. The van der Waals surface area contributed by atoms with Crippen LogP contribution in [0.1, 0.15) is 33.1 Å². The average Bonchev–Trinajstić information content (AvgIpc) is 2.29. The molecule has 0 bridgehead atoms. The number of esters is 1. The Morgan fingerprint density at radius 1 is 1.67 bits per heavy atom. The fraction of sp³-hybridized carbons (Fsp3) is 0.643. The zero-order chi connectivity index (χ0) is 13.4. The maximum Gasteiger partial charge on any atom is 0.384 e. The summed E-state index contributed by atoms with van der Waals surface area (Å²) in [5.74, 6) is 4.40. The maximum absolute atomic E-state index is 10.9. The summed E-state index contributed by atoms with van der Waals surface area (Å²) in [6, 6.07) is 0. The first-order valence-electron chi connectivity index (χ1n) is 6.27. The average molecular weight is 252 g/mol. The molecule has 4 heteroatoms. The standard InChI is InChI=1S/C14H20O4/c1-3-17-14(16)9-5-7-12(15)10-13-8-4-6-11(2)18-13/h4,8,11-13,15H,3,6-7,10H2,1-2H3/t11-,12+,13+/m0/s1. The molecule has 1 N–H and O–H groups in total. The Balaban J connectivity index is 2.29. The van der Waals surface area contributed by atoms with Gasteiger partial charge in [0.05, 0.1) is 24.9 Å². The van der Waals surface area contributed by atoms with Crippen molar-refractivity contribution in [3.8, 4) is 11.8 Å². The van der Waals surface area contributed by atoms with Crippen LogP contribution >= 0.6 is 0 Å². The summed E-state index contributed by atoms with van der Waals surface area (Å²) in [4.78, 5) is 10.9. The molecular weight excluding hydrogens is 232 g/mol. The molecule has 0 fully saturated rings. The molecule has 0 aromatic heterocycles. The summed E-state index contributed by atoms with van der Waals surface area (Å²) in [6.45, 7) is 4.04. The van der Waals surface area contributed by atoms with Crippen molar-refractivity contribution in [3.05, 3.63) is 12.2 Å². The van der Waals surface area contributed by atoms with Crippen LogP contribution in [-0.2, 0) is 14.3 Å². The van der Waals surface area contributed by atoms with E-state index in [1.165, 1.54) is 0 Å². The predicted molar refractivity (Wildman–Crippen MR) is 67.7 cm³/mol. The highest BCUT2D eigenvalue weighted by atomic mass is 16.5. The molecule has 0 saturated carbocycles. The number of aliphatic hydroxyl groups is 1. The van der Waals surface area contributed by atoms with Crippen molar-refractivity contribution in [2.24, 2.45) is 0 Å². The molecule has 0 spiro atoms. The largest absolute Gasteiger partial charge is 0.456 e. The molecule has 0 unspecified atom stereocenters. The van der Waals surface area contributed by atoms with Crippen LogP contribution in [0, 0.1) is 11.8 Å². The Hall–Kier alpha value is -1.31. The molecule has 0 saturated heterocycles. The van der Waals surface area contributed by atoms with E-state index in [2.05, 4.69) is 22.7 Å². The van der Waals surface area contributed by atoms with E-state index in [4.69, 9.17) is 4.74 Å². The van der Waals surface area contributed by atoms with E-state index in [1.54, 1.807) is 6.92 Å². The second-order valence-electron chi connectivity index (χ2n) is 4.26. The first-order chi connectivity index (χ1) is 8.61. The van der Waals surface area contributed by atoms with Crippen molar-refractivity contribution in [1.82, 2.24) is 0 Å². The zero-order valence-electron chi connectivity index (χ0n) is 10.9. The van der Waals surface area contributed by atoms with Crippen LogP contribution in [0.4, 0.5) is 0 Å². The fourth-order valence-corrected chi connectivity index (χ4v) is 1.72. The minimum Gasteiger partial charge on any atom is -0.456 e. The summed E-state index contributed by atoms with van der Waals surface area (Å²) in [5.41, 5.74) is 0. The van der Waals surface area contributed by atoms with Crippen LogP contribution in [0.5, 0.6) is 0 Å². The molecule has 100 valence electrons. The third-order valence-electron chi connectivity index (χ3n) is 2.53. The summed E-state index contributed by atoms with van der Waals surface area (Å²) >= 11 is 0. The minimum atomic E-state index is -0.591. The maximum atomic E-state index is 10.9. The van der Waals surface area contributed by atoms with Gasteiger partial charge < -0.3 is 14.6 Å². The van der Waals surface area contributed by atoms with Gasteiger partial charge in [0.2, 0.25) is 0 Å². The molecule has 1 heterocycles. The van der Waals surface area contributed by atoms with Crippen molar-refractivity contribution in [1.29, 1.82) is 0 Å². The Morgan fingerprint density at radius 3 is 3.11 bits per heavy atom. The molecule has 0 radical (unpaired) electrons. The number of rotatable bonds is 4. The van der Waals surface area contributed by atoms with Crippen molar-refractivity contribution in [3.63, 3.8) is 0 Å². The lowest BCUT2D eigenvalue weighted by molar-refractivity contribution is -0.136. The van der Waals surface area contributed by atoms with Gasteiger partial charge in [-0.1, -0.05) is 18.1 Å². The third kappa shape index (κ3) is 5.85. The van der Waals surface area contributed by atoms with Crippen molar-refractivity contribution >= 4 is 5.97 Å². The molecule has 1 aliphatic rings. The van der Waals surface area contributed by atoms with Gasteiger partial charge in [0, 0.05) is 18.8 Å². The zero-order valence-corrected chi connectivity index (χ0v) is 10.9. The van der Waals surface area contributed by atoms with Crippen LogP contribution in [0.2, 0.25) is 0 Å². The van der Waals surface area contributed by atoms with Crippen molar-refractivity contribution in [2.45, 2.75) is 51.4 Å². The SMILES string of the molecule is CCOC(=O)C#CC[C@@H](O)C[C@H]1C=CC[C@H](C)O1. The summed E-state index contributed by atoms with van der Waals surface area (Å²) in [5, 5.41) is 9.76. The van der Waals surface area contributed by atoms with Gasteiger partial charge >= 0.3 is 5.97 Å². The van der Waals surface area contributed by atoms with Crippen LogP contribution in [-0.4, -0.2) is 36.0 Å². The normalized spacial score (nSPS) is 23.9. The fourth-order valence-electron chi connectivity index (χ4n) is 1.72. The first kappa shape index (κ1) is 14.7. The molecular formula is C14H20O4. The van der Waals surface area contributed by atoms with Crippen LogP contribution in [0.25, 0.3) is 0 Å². The van der Waals surface area contributed by atoms with E-state index in [0.29, 0.717) is 13.0 Å². The van der Waals surface area contributed by atoms with Crippen LogP contribution < -0.4 is 0 Å². The van der Waals surface area contributed by atoms with Crippen molar-refractivity contribution in [2.75, 3.05) is 6.61 Å². The van der Waals surface area contributed by atoms with E-state index in [-0.39, 0.29) is 18.6 Å². The quantitative estimate of drug-likeness (QED) is 0.356. The predicted octanol–water partition coefficient (Wildman–Crippen LogP) is 1.43. The summed E-state index contributed by atoms with van der Waals surface area (Å²) in [7, 11) is 0. The highest BCUT2D eigenvalue weighted by molar-refractivity contribution is 5.88. The van der Waals surface area contributed by atoms with Gasteiger partial charge in [-0.15, -0.1) is 0 Å². The third-order valence-corrected chi connectivity index (χ3v) is 2.53. The van der Waals surface area contributed by atoms with Gasteiger partial charge in [0.25, 0.3) is 0 Å². The van der Waals surface area contributed by atoms with E-state index in [0.717, 1.165) is 6.42 Å².